The Hall–Kier alpha value is -3.65. The Kier molecular flexibility index (Phi) is 7.01. The normalized spacial score (nSPS) is 22.3. The number of carbonyl (C=O) groups excluding carboxylic acids is 2. The Balaban J connectivity index is 1.31. The van der Waals surface area contributed by atoms with Crippen molar-refractivity contribution in [2.75, 3.05) is 41.4 Å². The minimum Gasteiger partial charge on any atom is -0.491 e. The Morgan fingerprint density at radius 1 is 1.28 bits per heavy atom. The highest BCUT2D eigenvalue weighted by molar-refractivity contribution is 6.05. The molecule has 3 amide bonds. The number of nitrogens with one attached hydrogen (secondary N) is 2. The first kappa shape index (κ1) is 26.9. The summed E-state index contributed by atoms with van der Waals surface area (Å²) in [5, 5.41) is 4.66. The molecule has 2 N–H and O–H groups in total. The van der Waals surface area contributed by atoms with Crippen molar-refractivity contribution >= 4 is 29.3 Å². The standard InChI is InChI=1S/C25H29F3N6O5/c1-14(25(26,27)28)30-22(35)18-4-5-19-21(31-18)34(15-7-9-33(19)11-15)23(36)32-20-10-16(6-8-29-20)37-12-17-13-38-24(2,3)39-17/h4-6,8,10,14-15,17H,7,9,11-13H2,1-3H3,(H,30,35)(H,29,32,36)/t14?,15-,17-/m0/s1. The Morgan fingerprint density at radius 2 is 2.08 bits per heavy atom. The number of hydrogen-bond acceptors (Lipinski definition) is 8. The van der Waals surface area contributed by atoms with Crippen molar-refractivity contribution in [2.24, 2.45) is 0 Å². The van der Waals surface area contributed by atoms with Crippen LogP contribution in [0.3, 0.4) is 0 Å². The number of nitrogens with zero attached hydrogens (tertiary/aromatic N) is 4. The van der Waals surface area contributed by atoms with Crippen LogP contribution in [-0.2, 0) is 9.47 Å². The van der Waals surface area contributed by atoms with Crippen LogP contribution in [0.25, 0.3) is 0 Å². The van der Waals surface area contributed by atoms with Gasteiger partial charge >= 0.3 is 12.2 Å². The van der Waals surface area contributed by atoms with E-state index in [0.717, 1.165) is 6.92 Å². The van der Waals surface area contributed by atoms with Crippen LogP contribution in [0.5, 0.6) is 5.75 Å². The number of urea groups is 1. The lowest BCUT2D eigenvalue weighted by molar-refractivity contribution is -0.149. The van der Waals surface area contributed by atoms with Gasteiger partial charge in [0.05, 0.1) is 18.3 Å². The molecule has 11 nitrogen and oxygen atoms in total. The van der Waals surface area contributed by atoms with E-state index >= 15 is 0 Å². The predicted octanol–water partition coefficient (Wildman–Crippen LogP) is 3.32. The van der Waals surface area contributed by atoms with Crippen LogP contribution in [0.15, 0.2) is 30.5 Å². The quantitative estimate of drug-likeness (QED) is 0.563. The monoisotopic (exact) mass is 550 g/mol. The second-order valence-corrected chi connectivity index (χ2v) is 10.1. The molecule has 2 aromatic heterocycles. The fourth-order valence-corrected chi connectivity index (χ4v) is 4.72. The number of pyridine rings is 2. The molecule has 2 fully saturated rings. The molecule has 3 aliphatic rings. The number of carbonyl (C=O) groups is 2. The average Bonchev–Trinajstić information content (AvgIpc) is 3.45. The maximum atomic E-state index is 13.4. The van der Waals surface area contributed by atoms with Gasteiger partial charge in [0.15, 0.2) is 11.6 Å². The summed E-state index contributed by atoms with van der Waals surface area (Å²) in [7, 11) is 0. The van der Waals surface area contributed by atoms with Gasteiger partial charge in [-0.05, 0) is 45.4 Å². The summed E-state index contributed by atoms with van der Waals surface area (Å²) in [6, 6.07) is 3.35. The largest absolute Gasteiger partial charge is 0.491 e. The second-order valence-electron chi connectivity index (χ2n) is 10.1. The summed E-state index contributed by atoms with van der Waals surface area (Å²) in [6.07, 6.45) is -2.68. The molecular weight excluding hydrogens is 521 g/mol. The fourth-order valence-electron chi connectivity index (χ4n) is 4.72. The maximum Gasteiger partial charge on any atom is 0.408 e. The zero-order chi connectivity index (χ0) is 27.9. The van der Waals surface area contributed by atoms with E-state index in [1.54, 1.807) is 18.2 Å². The molecule has 14 heteroatoms. The van der Waals surface area contributed by atoms with E-state index in [1.165, 1.54) is 17.2 Å². The molecule has 0 aromatic carbocycles. The average molecular weight is 551 g/mol. The first-order chi connectivity index (χ1) is 18.4. The van der Waals surface area contributed by atoms with E-state index in [2.05, 4.69) is 15.3 Å². The van der Waals surface area contributed by atoms with E-state index in [4.69, 9.17) is 14.2 Å². The number of halogens is 3. The highest BCUT2D eigenvalue weighted by Gasteiger charge is 2.41. The Labute approximate surface area is 222 Å². The van der Waals surface area contributed by atoms with Crippen molar-refractivity contribution in [3.05, 3.63) is 36.2 Å². The number of alkyl halides is 3. The summed E-state index contributed by atoms with van der Waals surface area (Å²) < 4.78 is 55.9. The van der Waals surface area contributed by atoms with Crippen molar-refractivity contribution in [3.63, 3.8) is 0 Å². The molecule has 2 aromatic rings. The predicted molar refractivity (Wildman–Crippen MR) is 134 cm³/mol. The Morgan fingerprint density at radius 3 is 2.79 bits per heavy atom. The van der Waals surface area contributed by atoms with Crippen LogP contribution in [0, 0.1) is 0 Å². The molecule has 3 aliphatic heterocycles. The van der Waals surface area contributed by atoms with Gasteiger partial charge in [0.25, 0.3) is 5.91 Å². The highest BCUT2D eigenvalue weighted by atomic mass is 19.4. The van der Waals surface area contributed by atoms with Gasteiger partial charge in [-0.1, -0.05) is 0 Å². The third-order valence-electron chi connectivity index (χ3n) is 6.71. The molecule has 210 valence electrons. The van der Waals surface area contributed by atoms with Crippen LogP contribution in [0.4, 0.5) is 35.3 Å². The van der Waals surface area contributed by atoms with E-state index in [9.17, 15) is 22.8 Å². The number of anilines is 3. The third kappa shape index (κ3) is 5.86. The topological polar surface area (TPSA) is 118 Å². The summed E-state index contributed by atoms with van der Waals surface area (Å²) in [5.74, 6) is -0.756. The van der Waals surface area contributed by atoms with E-state index in [-0.39, 0.29) is 36.1 Å². The zero-order valence-electron chi connectivity index (χ0n) is 21.6. The second kappa shape index (κ2) is 10.2. The van der Waals surface area contributed by atoms with Crippen LogP contribution >= 0.6 is 0 Å². The molecule has 39 heavy (non-hydrogen) atoms. The third-order valence-corrected chi connectivity index (χ3v) is 6.71. The summed E-state index contributed by atoms with van der Waals surface area (Å²) in [6.45, 7) is 6.38. The van der Waals surface area contributed by atoms with Crippen molar-refractivity contribution in [1.29, 1.82) is 0 Å². The summed E-state index contributed by atoms with van der Waals surface area (Å²) >= 11 is 0. The first-order valence-electron chi connectivity index (χ1n) is 12.5. The molecule has 0 radical (unpaired) electrons. The van der Waals surface area contributed by atoms with Crippen LogP contribution in [-0.4, -0.2) is 78.4 Å². The minimum absolute atomic E-state index is 0.196. The van der Waals surface area contributed by atoms with Gasteiger partial charge in [-0.3, -0.25) is 15.0 Å². The molecule has 5 rings (SSSR count). The van der Waals surface area contributed by atoms with Crippen molar-refractivity contribution < 1.29 is 37.0 Å². The van der Waals surface area contributed by atoms with Crippen LogP contribution < -0.4 is 25.2 Å². The fraction of sp³-hybridized carbons (Fsp3) is 0.520. The highest BCUT2D eigenvalue weighted by Crippen LogP contribution is 2.39. The smallest absolute Gasteiger partial charge is 0.408 e. The van der Waals surface area contributed by atoms with Gasteiger partial charge in [-0.15, -0.1) is 0 Å². The van der Waals surface area contributed by atoms with Gasteiger partial charge in [-0.2, -0.15) is 13.2 Å². The molecule has 2 saturated heterocycles. The molecule has 1 unspecified atom stereocenters. The molecule has 5 heterocycles. The number of fused-ring (bicyclic) bond motifs is 4. The summed E-state index contributed by atoms with van der Waals surface area (Å²) in [4.78, 5) is 37.9. The molecule has 0 aliphatic carbocycles. The lowest BCUT2D eigenvalue weighted by Gasteiger charge is -2.35. The molecule has 3 atom stereocenters. The molecular formula is C25H29F3N6O5. The number of hydrogen-bond donors (Lipinski definition) is 2. The lowest BCUT2D eigenvalue weighted by Crippen LogP contribution is -2.49. The van der Waals surface area contributed by atoms with Crippen molar-refractivity contribution in [2.45, 2.75) is 57.3 Å². The minimum atomic E-state index is -4.60. The van der Waals surface area contributed by atoms with Gasteiger partial charge in [-0.25, -0.2) is 14.8 Å². The SMILES string of the molecule is CC(NC(=O)c1ccc2c(n1)N(C(=O)Nc1cc(OC[C@H]3COC(C)(C)O3)ccn1)[C@H]1CCN2C1)C(F)(F)F. The van der Waals surface area contributed by atoms with Crippen LogP contribution in [0.1, 0.15) is 37.7 Å². The number of ether oxygens (including phenoxy) is 3. The van der Waals surface area contributed by atoms with E-state index < -0.39 is 29.9 Å². The number of aromatic nitrogens is 2. The molecule has 0 spiro atoms. The lowest BCUT2D eigenvalue weighted by atomic mass is 10.1. The van der Waals surface area contributed by atoms with Crippen LogP contribution in [0.2, 0.25) is 0 Å². The Bertz CT molecular complexity index is 1260. The van der Waals surface area contributed by atoms with Crippen molar-refractivity contribution in [3.8, 4) is 5.75 Å². The molecule has 0 saturated carbocycles. The van der Waals surface area contributed by atoms with Gasteiger partial charge in [0, 0.05) is 25.4 Å². The summed E-state index contributed by atoms with van der Waals surface area (Å²) in [5.41, 5.74) is 0.394. The van der Waals surface area contributed by atoms with E-state index in [0.29, 0.717) is 37.6 Å². The first-order valence-corrected chi connectivity index (χ1v) is 12.5. The van der Waals surface area contributed by atoms with Gasteiger partial charge in [0.2, 0.25) is 0 Å². The molecule has 2 bridgehead atoms. The van der Waals surface area contributed by atoms with Gasteiger partial charge in [0.1, 0.15) is 36.0 Å². The van der Waals surface area contributed by atoms with E-state index in [1.807, 2.05) is 24.1 Å². The number of amides is 3. The van der Waals surface area contributed by atoms with Gasteiger partial charge < -0.3 is 24.4 Å². The zero-order valence-corrected chi connectivity index (χ0v) is 21.6. The number of rotatable bonds is 6. The maximum absolute atomic E-state index is 13.4. The van der Waals surface area contributed by atoms with Crippen molar-refractivity contribution in [1.82, 2.24) is 15.3 Å².